The van der Waals surface area contributed by atoms with Crippen molar-refractivity contribution in [2.24, 2.45) is 0 Å². The van der Waals surface area contributed by atoms with Gasteiger partial charge in [-0.3, -0.25) is 0 Å². The minimum atomic E-state index is 0.370. The van der Waals surface area contributed by atoms with E-state index in [-0.39, 0.29) is 0 Å². The molecule has 0 aromatic rings. The van der Waals surface area contributed by atoms with E-state index in [0.717, 1.165) is 39.2 Å². The van der Waals surface area contributed by atoms with Crippen molar-refractivity contribution < 1.29 is 4.74 Å². The smallest absolute Gasteiger partial charge is 0.0714 e. The van der Waals surface area contributed by atoms with E-state index < -0.39 is 0 Å². The lowest BCUT2D eigenvalue weighted by Gasteiger charge is -2.35. The zero-order chi connectivity index (χ0) is 9.97. The van der Waals surface area contributed by atoms with Crippen LogP contribution in [0, 0.1) is 0 Å². The predicted octanol–water partition coefficient (Wildman–Crippen LogP) is -0.0842. The van der Waals surface area contributed by atoms with E-state index in [1.165, 1.54) is 0 Å². The van der Waals surface area contributed by atoms with Crippen molar-refractivity contribution in [3.8, 4) is 0 Å². The predicted molar refractivity (Wildman–Crippen MR) is 56.0 cm³/mol. The molecule has 2 aliphatic rings. The number of nitrogens with one attached hydrogen (secondary N) is 1. The first kappa shape index (κ1) is 10.4. The van der Waals surface area contributed by atoms with Gasteiger partial charge in [-0.25, -0.2) is 10.4 Å². The number of rotatable bonds is 2. The van der Waals surface area contributed by atoms with E-state index in [1.54, 1.807) is 0 Å². The molecule has 2 rings (SSSR count). The summed E-state index contributed by atoms with van der Waals surface area (Å²) < 4.78 is 5.53. The topological polar surface area (TPSA) is 27.7 Å². The van der Waals surface area contributed by atoms with Gasteiger partial charge in [0, 0.05) is 38.8 Å². The summed E-state index contributed by atoms with van der Waals surface area (Å²) in [5, 5.41) is 2.34. The van der Waals surface area contributed by atoms with Crippen molar-refractivity contribution in [2.45, 2.75) is 25.5 Å². The Bertz CT molecular complexity index is 180. The number of hydrogen-bond acceptors (Lipinski definition) is 4. The fraction of sp³-hybridized carbons (Fsp3) is 1.00. The van der Waals surface area contributed by atoms with Crippen LogP contribution in [0.5, 0.6) is 0 Å². The highest BCUT2D eigenvalue weighted by atomic mass is 16.5. The summed E-state index contributed by atoms with van der Waals surface area (Å²) in [6.45, 7) is 7.64. The van der Waals surface area contributed by atoms with Crippen LogP contribution in [-0.4, -0.2) is 61.9 Å². The second-order valence-electron chi connectivity index (χ2n) is 4.39. The summed E-state index contributed by atoms with van der Waals surface area (Å²) in [6, 6.07) is 0.526. The number of hydrogen-bond donors (Lipinski definition) is 1. The molecule has 1 N–H and O–H groups in total. The van der Waals surface area contributed by atoms with Crippen LogP contribution < -0.4 is 5.43 Å². The number of nitrogens with zero attached hydrogens (tertiary/aromatic N) is 2. The van der Waals surface area contributed by atoms with Crippen LogP contribution >= 0.6 is 0 Å². The van der Waals surface area contributed by atoms with Crippen LogP contribution in [-0.2, 0) is 4.74 Å². The Labute approximate surface area is 86.2 Å². The Hall–Kier alpha value is -0.160. The van der Waals surface area contributed by atoms with Crippen molar-refractivity contribution in [1.29, 1.82) is 0 Å². The van der Waals surface area contributed by atoms with E-state index >= 15 is 0 Å². The molecule has 0 amide bonds. The highest BCUT2D eigenvalue weighted by Crippen LogP contribution is 2.13. The summed E-state index contributed by atoms with van der Waals surface area (Å²) in [5.74, 6) is 0. The van der Waals surface area contributed by atoms with Gasteiger partial charge >= 0.3 is 0 Å². The molecule has 82 valence electrons. The molecule has 0 radical (unpaired) electrons. The quantitative estimate of drug-likeness (QED) is 0.673. The van der Waals surface area contributed by atoms with Gasteiger partial charge < -0.3 is 9.64 Å². The molecule has 0 aliphatic carbocycles. The fourth-order valence-electron chi connectivity index (χ4n) is 2.07. The molecule has 0 aromatic carbocycles. The van der Waals surface area contributed by atoms with Crippen molar-refractivity contribution in [3.05, 3.63) is 0 Å². The van der Waals surface area contributed by atoms with Gasteiger partial charge in [0.25, 0.3) is 0 Å². The lowest BCUT2D eigenvalue weighted by Crippen LogP contribution is -2.55. The first-order valence-corrected chi connectivity index (χ1v) is 5.57. The van der Waals surface area contributed by atoms with Gasteiger partial charge in [0.2, 0.25) is 0 Å². The Balaban J connectivity index is 1.74. The molecule has 0 bridgehead atoms. The second kappa shape index (κ2) is 4.57. The van der Waals surface area contributed by atoms with Crippen LogP contribution in [0.15, 0.2) is 0 Å². The van der Waals surface area contributed by atoms with E-state index in [9.17, 15) is 0 Å². The normalized spacial score (nSPS) is 36.4. The molecule has 0 saturated carbocycles. The lowest BCUT2D eigenvalue weighted by molar-refractivity contribution is 0.0561. The van der Waals surface area contributed by atoms with Crippen molar-refractivity contribution in [3.63, 3.8) is 0 Å². The molecule has 2 atom stereocenters. The molecule has 2 unspecified atom stereocenters. The molecule has 2 heterocycles. The Morgan fingerprint density at radius 3 is 2.50 bits per heavy atom. The van der Waals surface area contributed by atoms with Gasteiger partial charge in [0.15, 0.2) is 0 Å². The number of ether oxygens (including phenoxy) is 1. The van der Waals surface area contributed by atoms with E-state index in [4.69, 9.17) is 4.74 Å². The monoisotopic (exact) mass is 199 g/mol. The largest absolute Gasteiger partial charge is 0.377 e. The molecular formula is C10H21N3O. The molecule has 4 heteroatoms. The first-order valence-electron chi connectivity index (χ1n) is 5.57. The van der Waals surface area contributed by atoms with Gasteiger partial charge in [-0.15, -0.1) is 0 Å². The third kappa shape index (κ3) is 2.45. The van der Waals surface area contributed by atoms with Gasteiger partial charge in [-0.05, 0) is 20.4 Å². The third-order valence-electron chi connectivity index (χ3n) is 3.23. The molecule has 0 aromatic heterocycles. The van der Waals surface area contributed by atoms with Crippen LogP contribution in [0.1, 0.15) is 13.3 Å². The van der Waals surface area contributed by atoms with Crippen LogP contribution in [0.4, 0.5) is 0 Å². The van der Waals surface area contributed by atoms with E-state index in [2.05, 4.69) is 29.3 Å². The molecule has 2 aliphatic heterocycles. The van der Waals surface area contributed by atoms with E-state index in [0.29, 0.717) is 12.1 Å². The molecule has 14 heavy (non-hydrogen) atoms. The second-order valence-corrected chi connectivity index (χ2v) is 4.39. The highest BCUT2D eigenvalue weighted by molar-refractivity contribution is 4.79. The maximum absolute atomic E-state index is 5.53. The van der Waals surface area contributed by atoms with Crippen LogP contribution in [0.25, 0.3) is 0 Å². The number of likely N-dealkylation sites (N-methyl/N-ethyl adjacent to an activating group) is 1. The Kier molecular flexibility index (Phi) is 3.38. The molecular weight excluding hydrogens is 178 g/mol. The van der Waals surface area contributed by atoms with Crippen molar-refractivity contribution in [1.82, 2.24) is 15.3 Å². The zero-order valence-corrected chi connectivity index (χ0v) is 9.20. The van der Waals surface area contributed by atoms with Crippen LogP contribution in [0.2, 0.25) is 0 Å². The lowest BCUT2D eigenvalue weighted by atomic mass is 10.2. The minimum absolute atomic E-state index is 0.370. The number of piperazine rings is 1. The standard InChI is InChI=1S/C10H21N3O/c1-9-10(3-8-14-9)11-13-6-4-12(2)5-7-13/h9-11H,3-8H2,1-2H3. The molecule has 0 spiro atoms. The van der Waals surface area contributed by atoms with Crippen molar-refractivity contribution >= 4 is 0 Å². The summed E-state index contributed by atoms with van der Waals surface area (Å²) in [5.41, 5.74) is 3.57. The minimum Gasteiger partial charge on any atom is -0.377 e. The first-order chi connectivity index (χ1) is 6.75. The SMILES string of the molecule is CC1OCCC1NN1CCN(C)CC1. The maximum Gasteiger partial charge on any atom is 0.0714 e. The Morgan fingerprint density at radius 2 is 1.93 bits per heavy atom. The molecule has 2 saturated heterocycles. The van der Waals surface area contributed by atoms with Gasteiger partial charge in [0.1, 0.15) is 0 Å². The third-order valence-corrected chi connectivity index (χ3v) is 3.23. The summed E-state index contributed by atoms with van der Waals surface area (Å²) in [4.78, 5) is 2.37. The van der Waals surface area contributed by atoms with Crippen molar-refractivity contribution in [2.75, 3.05) is 39.8 Å². The summed E-state index contributed by atoms with van der Waals surface area (Å²) >= 11 is 0. The average Bonchev–Trinajstić information content (AvgIpc) is 2.56. The fourth-order valence-corrected chi connectivity index (χ4v) is 2.07. The molecule has 2 fully saturated rings. The summed E-state index contributed by atoms with van der Waals surface area (Å²) in [6.07, 6.45) is 1.52. The maximum atomic E-state index is 5.53. The van der Waals surface area contributed by atoms with E-state index in [1.807, 2.05) is 0 Å². The van der Waals surface area contributed by atoms with Gasteiger partial charge in [-0.2, -0.15) is 0 Å². The highest BCUT2D eigenvalue weighted by Gasteiger charge is 2.26. The van der Waals surface area contributed by atoms with Gasteiger partial charge in [0.05, 0.1) is 6.10 Å². The average molecular weight is 199 g/mol. The number of hydrazine groups is 1. The molecule has 4 nitrogen and oxygen atoms in total. The van der Waals surface area contributed by atoms with Crippen LogP contribution in [0.3, 0.4) is 0 Å². The zero-order valence-electron chi connectivity index (χ0n) is 9.20. The Morgan fingerprint density at radius 1 is 1.21 bits per heavy atom. The van der Waals surface area contributed by atoms with Gasteiger partial charge in [-0.1, -0.05) is 0 Å². The summed E-state index contributed by atoms with van der Waals surface area (Å²) in [7, 11) is 2.18.